The highest BCUT2D eigenvalue weighted by Gasteiger charge is 2.03. The Hall–Kier alpha value is -1.90. The summed E-state index contributed by atoms with van der Waals surface area (Å²) in [5.41, 5.74) is 3.35. The topological polar surface area (TPSA) is 36.8 Å². The smallest absolute Gasteiger partial charge is 0.221 e. The average molecular weight is 215 g/mol. The molecule has 0 heterocycles. The van der Waals surface area contributed by atoms with Gasteiger partial charge in [0.2, 0.25) is 5.96 Å². The van der Waals surface area contributed by atoms with Crippen LogP contribution in [0, 0.1) is 0 Å². The molecule has 0 aromatic heterocycles. The predicted octanol–water partition coefficient (Wildman–Crippen LogP) is 3.21. The van der Waals surface area contributed by atoms with Gasteiger partial charge in [0.05, 0.1) is 0 Å². The molecule has 1 aromatic carbocycles. The zero-order valence-electron chi connectivity index (χ0n) is 9.99. The first-order valence-electron chi connectivity index (χ1n) is 5.15. The van der Waals surface area contributed by atoms with Gasteiger partial charge in [-0.2, -0.15) is 0 Å². The standard InChI is InChI=1S/C13H17N3/c1-5-10(2)11-8-6-7-9-12(11)16-13(14-3)15-4/h5-9H,3H2,1-2,4H3,(H,15,16)/b10-5-. The maximum atomic E-state index is 3.98. The lowest BCUT2D eigenvalue weighted by atomic mass is 10.1. The average Bonchev–Trinajstić information content (AvgIpc) is 2.35. The minimum atomic E-state index is 0.524. The second-order valence-corrected chi connectivity index (χ2v) is 3.35. The highest BCUT2D eigenvalue weighted by molar-refractivity contribution is 5.98. The van der Waals surface area contributed by atoms with Crippen LogP contribution in [0.15, 0.2) is 40.3 Å². The van der Waals surface area contributed by atoms with Gasteiger partial charge in [-0.05, 0) is 32.2 Å². The fraction of sp³-hybridized carbons (Fsp3) is 0.231. The molecule has 0 unspecified atom stereocenters. The van der Waals surface area contributed by atoms with E-state index in [-0.39, 0.29) is 0 Å². The fourth-order valence-corrected chi connectivity index (χ4v) is 1.38. The van der Waals surface area contributed by atoms with Crippen LogP contribution >= 0.6 is 0 Å². The van der Waals surface area contributed by atoms with Gasteiger partial charge in [0.25, 0.3) is 0 Å². The molecule has 3 heteroatoms. The summed E-state index contributed by atoms with van der Waals surface area (Å²) in [5, 5.41) is 3.14. The highest BCUT2D eigenvalue weighted by atomic mass is 15.1. The van der Waals surface area contributed by atoms with Crippen LogP contribution in [0.2, 0.25) is 0 Å². The molecule has 0 aliphatic heterocycles. The van der Waals surface area contributed by atoms with Crippen molar-refractivity contribution in [2.24, 2.45) is 9.98 Å². The third kappa shape index (κ3) is 2.79. The molecule has 1 aromatic rings. The van der Waals surface area contributed by atoms with Crippen molar-refractivity contribution >= 4 is 23.9 Å². The molecule has 3 nitrogen and oxygen atoms in total. The molecule has 0 atom stereocenters. The number of aliphatic imine (C=N–C) groups is 2. The van der Waals surface area contributed by atoms with E-state index in [0.717, 1.165) is 11.3 Å². The number of anilines is 1. The number of guanidine groups is 1. The number of nitrogens with zero attached hydrogens (tertiary/aromatic N) is 2. The Morgan fingerprint density at radius 2 is 2.06 bits per heavy atom. The van der Waals surface area contributed by atoms with Gasteiger partial charge in [-0.3, -0.25) is 4.99 Å². The second kappa shape index (κ2) is 5.85. The first kappa shape index (κ1) is 12.2. The quantitative estimate of drug-likeness (QED) is 0.597. The lowest BCUT2D eigenvalue weighted by molar-refractivity contribution is 1.38. The van der Waals surface area contributed by atoms with Crippen LogP contribution in [-0.4, -0.2) is 19.7 Å². The summed E-state index contributed by atoms with van der Waals surface area (Å²) in [5.74, 6) is 0.524. The van der Waals surface area contributed by atoms with Crippen LogP contribution in [0.3, 0.4) is 0 Å². The van der Waals surface area contributed by atoms with Crippen LogP contribution in [0.5, 0.6) is 0 Å². The van der Waals surface area contributed by atoms with Gasteiger partial charge < -0.3 is 5.32 Å². The van der Waals surface area contributed by atoms with E-state index in [9.17, 15) is 0 Å². The molecule has 0 amide bonds. The van der Waals surface area contributed by atoms with Gasteiger partial charge in [-0.25, -0.2) is 4.99 Å². The van der Waals surface area contributed by atoms with Crippen LogP contribution in [0.25, 0.3) is 5.57 Å². The van der Waals surface area contributed by atoms with Crippen molar-refractivity contribution in [1.82, 2.24) is 0 Å². The van der Waals surface area contributed by atoms with Crippen LogP contribution in [0.4, 0.5) is 5.69 Å². The molecule has 0 bridgehead atoms. The summed E-state index contributed by atoms with van der Waals surface area (Å²) >= 11 is 0. The summed E-state index contributed by atoms with van der Waals surface area (Å²) < 4.78 is 0. The SMILES string of the molecule is C=NC(=NC)Nc1ccccc1/C(C)=C\C. The molecule has 84 valence electrons. The second-order valence-electron chi connectivity index (χ2n) is 3.35. The van der Waals surface area contributed by atoms with Gasteiger partial charge >= 0.3 is 0 Å². The van der Waals surface area contributed by atoms with Gasteiger partial charge in [-0.15, -0.1) is 0 Å². The molecule has 16 heavy (non-hydrogen) atoms. The number of hydrogen-bond acceptors (Lipinski definition) is 1. The molecule has 0 spiro atoms. The normalized spacial score (nSPS) is 12.4. The number of rotatable bonds is 2. The highest BCUT2D eigenvalue weighted by Crippen LogP contribution is 2.23. The Morgan fingerprint density at radius 1 is 1.38 bits per heavy atom. The lowest BCUT2D eigenvalue weighted by Gasteiger charge is -2.11. The zero-order chi connectivity index (χ0) is 12.0. The Morgan fingerprint density at radius 3 is 2.62 bits per heavy atom. The maximum absolute atomic E-state index is 3.98. The van der Waals surface area contributed by atoms with Crippen LogP contribution in [0.1, 0.15) is 19.4 Å². The molecule has 0 aliphatic carbocycles. The van der Waals surface area contributed by atoms with Crippen LogP contribution in [-0.2, 0) is 0 Å². The molecule has 0 aliphatic rings. The minimum Gasteiger partial charge on any atom is -0.324 e. The minimum absolute atomic E-state index is 0.524. The number of nitrogens with one attached hydrogen (secondary N) is 1. The van der Waals surface area contributed by atoms with E-state index in [4.69, 9.17) is 0 Å². The molecular formula is C13H17N3. The Balaban J connectivity index is 3.09. The molecule has 0 saturated carbocycles. The van der Waals surface area contributed by atoms with Crippen molar-refractivity contribution in [3.05, 3.63) is 35.9 Å². The van der Waals surface area contributed by atoms with Crippen molar-refractivity contribution in [2.45, 2.75) is 13.8 Å². The third-order valence-electron chi connectivity index (χ3n) is 2.39. The van der Waals surface area contributed by atoms with Crippen molar-refractivity contribution in [2.75, 3.05) is 12.4 Å². The van der Waals surface area contributed by atoms with E-state index in [1.807, 2.05) is 25.1 Å². The lowest BCUT2D eigenvalue weighted by Crippen LogP contribution is -2.09. The number of benzene rings is 1. The molecule has 0 saturated heterocycles. The Kier molecular flexibility index (Phi) is 4.45. The molecule has 1 N–H and O–H groups in total. The van der Waals surface area contributed by atoms with E-state index < -0.39 is 0 Å². The first-order valence-corrected chi connectivity index (χ1v) is 5.15. The monoisotopic (exact) mass is 215 g/mol. The largest absolute Gasteiger partial charge is 0.324 e. The van der Waals surface area contributed by atoms with Crippen molar-refractivity contribution in [3.8, 4) is 0 Å². The Labute approximate surface area is 96.6 Å². The van der Waals surface area contributed by atoms with Crippen molar-refractivity contribution < 1.29 is 0 Å². The van der Waals surface area contributed by atoms with Gasteiger partial charge in [0, 0.05) is 18.3 Å². The molecule has 0 fully saturated rings. The number of para-hydroxylation sites is 1. The summed E-state index contributed by atoms with van der Waals surface area (Å²) in [6.07, 6.45) is 2.07. The van der Waals surface area contributed by atoms with Gasteiger partial charge in [-0.1, -0.05) is 24.3 Å². The fourth-order valence-electron chi connectivity index (χ4n) is 1.38. The Bertz CT molecular complexity index is 431. The van der Waals surface area contributed by atoms with Crippen molar-refractivity contribution in [1.29, 1.82) is 0 Å². The predicted molar refractivity (Wildman–Crippen MR) is 72.3 cm³/mol. The summed E-state index contributed by atoms with van der Waals surface area (Å²) in [7, 11) is 1.68. The summed E-state index contributed by atoms with van der Waals surface area (Å²) in [6.45, 7) is 7.56. The molecule has 0 radical (unpaired) electrons. The van der Waals surface area contributed by atoms with E-state index in [2.05, 4.69) is 41.1 Å². The first-order chi connectivity index (χ1) is 7.72. The third-order valence-corrected chi connectivity index (χ3v) is 2.39. The van der Waals surface area contributed by atoms with Crippen LogP contribution < -0.4 is 5.32 Å². The number of allylic oxidation sites excluding steroid dienone is 2. The van der Waals surface area contributed by atoms with Crippen molar-refractivity contribution in [3.63, 3.8) is 0 Å². The maximum Gasteiger partial charge on any atom is 0.221 e. The van der Waals surface area contributed by atoms with E-state index in [0.29, 0.717) is 5.96 Å². The van der Waals surface area contributed by atoms with E-state index in [1.165, 1.54) is 5.57 Å². The molecular weight excluding hydrogens is 198 g/mol. The molecule has 1 rings (SSSR count). The zero-order valence-corrected chi connectivity index (χ0v) is 9.99. The number of hydrogen-bond donors (Lipinski definition) is 1. The summed E-state index contributed by atoms with van der Waals surface area (Å²) in [6, 6.07) is 8.05. The van der Waals surface area contributed by atoms with Gasteiger partial charge in [0.15, 0.2) is 0 Å². The summed E-state index contributed by atoms with van der Waals surface area (Å²) in [4.78, 5) is 7.78. The van der Waals surface area contributed by atoms with E-state index in [1.54, 1.807) is 7.05 Å². The van der Waals surface area contributed by atoms with Gasteiger partial charge in [0.1, 0.15) is 0 Å². The van der Waals surface area contributed by atoms with E-state index >= 15 is 0 Å².